The minimum atomic E-state index is -0.0373. The number of piperidine rings is 1. The molecule has 0 saturated carbocycles. The predicted octanol–water partition coefficient (Wildman–Crippen LogP) is 4.27. The van der Waals surface area contributed by atoms with E-state index in [0.717, 1.165) is 53.9 Å². The molecule has 160 valence electrons. The van der Waals surface area contributed by atoms with Gasteiger partial charge in [-0.25, -0.2) is 0 Å². The molecule has 1 amide bonds. The van der Waals surface area contributed by atoms with Crippen LogP contribution in [0.3, 0.4) is 0 Å². The lowest BCUT2D eigenvalue weighted by molar-refractivity contribution is 0.0715. The standard InChI is InChI=1S/C25H28N4O2/c1-16(17-5-3-7-21(9-17)31-2)29-15-24-22(18-6-4-8-26-12-18)10-19(11-23(24)25(29)30)20-13-27-28-14-20/h3,5,7,9-11,13-14,16,18,26H,4,6,8,12,15H2,1-2H3,(H,27,28)/t16-,18?/m1/s1. The molecule has 1 unspecified atom stereocenters. The number of ether oxygens (including phenoxy) is 1. The summed E-state index contributed by atoms with van der Waals surface area (Å²) in [6.07, 6.45) is 6.02. The number of rotatable bonds is 5. The van der Waals surface area contributed by atoms with Crippen molar-refractivity contribution in [2.24, 2.45) is 0 Å². The lowest BCUT2D eigenvalue weighted by atomic mass is 9.85. The van der Waals surface area contributed by atoms with Gasteiger partial charge in [0.25, 0.3) is 5.91 Å². The van der Waals surface area contributed by atoms with Crippen molar-refractivity contribution in [3.8, 4) is 16.9 Å². The Balaban J connectivity index is 1.54. The maximum atomic E-state index is 13.6. The smallest absolute Gasteiger partial charge is 0.255 e. The molecule has 2 aliphatic rings. The van der Waals surface area contributed by atoms with E-state index < -0.39 is 0 Å². The van der Waals surface area contributed by atoms with Gasteiger partial charge >= 0.3 is 0 Å². The fourth-order valence-corrected chi connectivity index (χ4v) is 4.91. The third kappa shape index (κ3) is 3.61. The zero-order chi connectivity index (χ0) is 21.4. The van der Waals surface area contributed by atoms with Crippen molar-refractivity contribution >= 4 is 5.91 Å². The molecule has 3 aromatic rings. The molecule has 1 saturated heterocycles. The molecule has 31 heavy (non-hydrogen) atoms. The molecular weight excluding hydrogens is 388 g/mol. The van der Waals surface area contributed by atoms with Gasteiger partial charge in [0.05, 0.1) is 19.3 Å². The summed E-state index contributed by atoms with van der Waals surface area (Å²) in [5, 5.41) is 10.5. The molecule has 2 atom stereocenters. The minimum Gasteiger partial charge on any atom is -0.497 e. The largest absolute Gasteiger partial charge is 0.497 e. The van der Waals surface area contributed by atoms with Crippen LogP contribution in [-0.4, -0.2) is 41.2 Å². The van der Waals surface area contributed by atoms with Gasteiger partial charge < -0.3 is 15.0 Å². The van der Waals surface area contributed by atoms with Gasteiger partial charge in [-0.2, -0.15) is 5.10 Å². The Bertz CT molecular complexity index is 1090. The second kappa shape index (κ2) is 8.19. The summed E-state index contributed by atoms with van der Waals surface area (Å²) >= 11 is 0. The van der Waals surface area contributed by atoms with Gasteiger partial charge in [0.15, 0.2) is 0 Å². The number of carbonyl (C=O) groups excluding carboxylic acids is 1. The van der Waals surface area contributed by atoms with Crippen LogP contribution in [0.1, 0.15) is 58.8 Å². The van der Waals surface area contributed by atoms with Crippen molar-refractivity contribution in [2.75, 3.05) is 20.2 Å². The molecule has 5 rings (SSSR count). The van der Waals surface area contributed by atoms with Gasteiger partial charge in [-0.3, -0.25) is 9.89 Å². The van der Waals surface area contributed by atoms with E-state index in [0.29, 0.717) is 12.5 Å². The van der Waals surface area contributed by atoms with Crippen LogP contribution in [0, 0.1) is 0 Å². The summed E-state index contributed by atoms with van der Waals surface area (Å²) in [5.41, 5.74) is 6.46. The van der Waals surface area contributed by atoms with E-state index >= 15 is 0 Å². The van der Waals surface area contributed by atoms with Crippen molar-refractivity contribution in [1.29, 1.82) is 0 Å². The van der Waals surface area contributed by atoms with Gasteiger partial charge in [0.2, 0.25) is 0 Å². The third-order valence-electron chi connectivity index (χ3n) is 6.72. The van der Waals surface area contributed by atoms with Gasteiger partial charge in [0.1, 0.15) is 5.75 Å². The quantitative estimate of drug-likeness (QED) is 0.652. The van der Waals surface area contributed by atoms with Crippen molar-refractivity contribution in [1.82, 2.24) is 20.4 Å². The number of aromatic nitrogens is 2. The molecule has 0 radical (unpaired) electrons. The number of H-pyrrole nitrogens is 1. The molecule has 1 fully saturated rings. The Morgan fingerprint density at radius 3 is 2.87 bits per heavy atom. The lowest BCUT2D eigenvalue weighted by Crippen LogP contribution is -2.29. The normalized spacial score (nSPS) is 19.4. The Morgan fingerprint density at radius 1 is 1.23 bits per heavy atom. The first kappa shape index (κ1) is 19.8. The van der Waals surface area contributed by atoms with Gasteiger partial charge in [-0.15, -0.1) is 0 Å². The average molecular weight is 417 g/mol. The zero-order valence-electron chi connectivity index (χ0n) is 18.0. The molecule has 0 spiro atoms. The Labute approximate surface area is 182 Å². The first-order valence-corrected chi connectivity index (χ1v) is 11.0. The van der Waals surface area contributed by atoms with Crippen LogP contribution in [0.4, 0.5) is 0 Å². The second-order valence-corrected chi connectivity index (χ2v) is 8.51. The van der Waals surface area contributed by atoms with Crippen molar-refractivity contribution in [2.45, 2.75) is 38.3 Å². The number of hydrogen-bond acceptors (Lipinski definition) is 4. The van der Waals surface area contributed by atoms with Crippen LogP contribution in [0.2, 0.25) is 0 Å². The summed E-state index contributed by atoms with van der Waals surface area (Å²) in [4.78, 5) is 15.6. The number of carbonyl (C=O) groups is 1. The molecule has 2 aliphatic heterocycles. The first-order valence-electron chi connectivity index (χ1n) is 11.0. The van der Waals surface area contributed by atoms with E-state index in [1.165, 1.54) is 11.1 Å². The topological polar surface area (TPSA) is 70.2 Å². The van der Waals surface area contributed by atoms with Crippen LogP contribution < -0.4 is 10.1 Å². The molecule has 0 aliphatic carbocycles. The van der Waals surface area contributed by atoms with E-state index in [1.807, 2.05) is 41.6 Å². The predicted molar refractivity (Wildman–Crippen MR) is 120 cm³/mol. The first-order chi connectivity index (χ1) is 15.2. The van der Waals surface area contributed by atoms with Crippen LogP contribution in [0.15, 0.2) is 48.8 Å². The molecule has 6 heteroatoms. The molecule has 6 nitrogen and oxygen atoms in total. The fourth-order valence-electron chi connectivity index (χ4n) is 4.91. The van der Waals surface area contributed by atoms with Gasteiger partial charge in [-0.05, 0) is 72.7 Å². The van der Waals surface area contributed by atoms with Crippen molar-refractivity contribution in [3.63, 3.8) is 0 Å². The Morgan fingerprint density at radius 2 is 2.13 bits per heavy atom. The molecule has 0 bridgehead atoms. The van der Waals surface area contributed by atoms with Gasteiger partial charge in [0, 0.05) is 30.4 Å². The highest BCUT2D eigenvalue weighted by Gasteiger charge is 2.35. The highest BCUT2D eigenvalue weighted by molar-refractivity contribution is 6.00. The average Bonchev–Trinajstić information content (AvgIpc) is 3.47. The third-order valence-corrected chi connectivity index (χ3v) is 6.72. The number of benzene rings is 2. The fraction of sp³-hybridized carbons (Fsp3) is 0.360. The summed E-state index contributed by atoms with van der Waals surface area (Å²) in [6, 6.07) is 12.3. The van der Waals surface area contributed by atoms with Crippen LogP contribution in [0.25, 0.3) is 11.1 Å². The highest BCUT2D eigenvalue weighted by Crippen LogP contribution is 2.40. The van der Waals surface area contributed by atoms with E-state index in [4.69, 9.17) is 4.74 Å². The summed E-state index contributed by atoms with van der Waals surface area (Å²) in [5.74, 6) is 1.33. The number of aromatic amines is 1. The van der Waals surface area contributed by atoms with Crippen LogP contribution in [-0.2, 0) is 6.54 Å². The highest BCUT2D eigenvalue weighted by atomic mass is 16.5. The summed E-state index contributed by atoms with van der Waals surface area (Å²) in [6.45, 7) is 4.76. The van der Waals surface area contributed by atoms with Gasteiger partial charge in [-0.1, -0.05) is 18.2 Å². The molecular formula is C25H28N4O2. The maximum Gasteiger partial charge on any atom is 0.255 e. The Kier molecular flexibility index (Phi) is 5.24. The molecule has 1 aromatic heterocycles. The second-order valence-electron chi connectivity index (χ2n) is 8.51. The zero-order valence-corrected chi connectivity index (χ0v) is 18.0. The monoisotopic (exact) mass is 416 g/mol. The number of hydrogen-bond donors (Lipinski definition) is 2. The molecule has 3 heterocycles. The number of fused-ring (bicyclic) bond motifs is 1. The Hall–Kier alpha value is -3.12. The number of amides is 1. The number of nitrogens with one attached hydrogen (secondary N) is 2. The minimum absolute atomic E-state index is 0.0373. The van der Waals surface area contributed by atoms with E-state index in [2.05, 4.69) is 34.6 Å². The maximum absolute atomic E-state index is 13.6. The van der Waals surface area contributed by atoms with E-state index in [-0.39, 0.29) is 11.9 Å². The summed E-state index contributed by atoms with van der Waals surface area (Å²) < 4.78 is 5.39. The lowest BCUT2D eigenvalue weighted by Gasteiger charge is -2.27. The SMILES string of the molecule is COc1cccc([C@@H](C)N2Cc3c(cc(-c4cn[nH]c4)cc3C3CCCNC3)C2=O)c1. The van der Waals surface area contributed by atoms with E-state index in [9.17, 15) is 4.79 Å². The number of nitrogens with zero attached hydrogens (tertiary/aromatic N) is 2. The number of methoxy groups -OCH3 is 1. The molecule has 2 N–H and O–H groups in total. The van der Waals surface area contributed by atoms with E-state index in [1.54, 1.807) is 7.11 Å². The summed E-state index contributed by atoms with van der Waals surface area (Å²) in [7, 11) is 1.67. The molecule has 2 aromatic carbocycles. The van der Waals surface area contributed by atoms with Crippen LogP contribution in [0.5, 0.6) is 5.75 Å². The van der Waals surface area contributed by atoms with Crippen molar-refractivity contribution in [3.05, 3.63) is 71.0 Å². The van der Waals surface area contributed by atoms with Crippen LogP contribution >= 0.6 is 0 Å². The van der Waals surface area contributed by atoms with Crippen molar-refractivity contribution < 1.29 is 9.53 Å².